The number of guanidine groups is 1. The highest BCUT2D eigenvalue weighted by molar-refractivity contribution is 7.98. The maximum Gasteiger partial charge on any atom is 0.243 e. The molecule has 1 fully saturated rings. The van der Waals surface area contributed by atoms with Crippen molar-refractivity contribution >= 4 is 59.0 Å². The average molecular weight is 797 g/mol. The first-order valence-corrected chi connectivity index (χ1v) is 21.1. The molecule has 0 aromatic heterocycles. The van der Waals surface area contributed by atoms with Crippen LogP contribution in [0.2, 0.25) is 0 Å². The molecule has 1 aromatic rings. The van der Waals surface area contributed by atoms with Crippen LogP contribution in [0, 0.1) is 5.92 Å². The molecule has 1 aliphatic carbocycles. The Labute approximate surface area is 326 Å². The minimum Gasteiger partial charge on any atom is -0.504 e. The van der Waals surface area contributed by atoms with Gasteiger partial charge < -0.3 is 53.0 Å². The van der Waals surface area contributed by atoms with Crippen LogP contribution in [0.25, 0.3) is 0 Å². The molecule has 0 radical (unpaired) electrons. The van der Waals surface area contributed by atoms with Crippen molar-refractivity contribution in [3.05, 3.63) is 23.8 Å². The standard InChI is InChI=1S/C36H60N8O8S2/c1-22(45)41-28(19-23-9-6-5-7-10-23)35(51)42-25(11-8-16-39-36(37)38)33(49)44-27(15-18-54-4)34(50)43-26(14-17-53-3)32(48)40-21-30(47)24-12-13-29(46)31(20-24)52-2/h12-13,20,23,25-28,30,46-47H,5-11,14-19,21H2,1-4H3,(H,40,48)(H,41,45)(H,42,51)(H,43,50)(H,44,49)(H4,37,38,39)/t25-,26-,27-,28-,30?/m0/s1. The summed E-state index contributed by atoms with van der Waals surface area (Å²) in [7, 11) is 1.38. The van der Waals surface area contributed by atoms with Gasteiger partial charge in [-0.05, 0) is 79.7 Å². The highest BCUT2D eigenvalue weighted by Gasteiger charge is 2.32. The lowest BCUT2D eigenvalue weighted by atomic mass is 9.84. The molecule has 0 aliphatic heterocycles. The van der Waals surface area contributed by atoms with Crippen LogP contribution >= 0.6 is 23.5 Å². The molecular weight excluding hydrogens is 737 g/mol. The van der Waals surface area contributed by atoms with E-state index >= 15 is 0 Å². The zero-order valence-electron chi connectivity index (χ0n) is 31.9. The molecule has 1 unspecified atom stereocenters. The summed E-state index contributed by atoms with van der Waals surface area (Å²) in [6.45, 7) is 1.38. The van der Waals surface area contributed by atoms with E-state index < -0.39 is 53.9 Å². The number of phenolic OH excluding ortho intramolecular Hbond substituents is 1. The number of aliphatic hydroxyl groups excluding tert-OH is 1. The van der Waals surface area contributed by atoms with E-state index in [1.807, 2.05) is 12.5 Å². The van der Waals surface area contributed by atoms with Crippen molar-refractivity contribution in [1.82, 2.24) is 26.6 Å². The van der Waals surface area contributed by atoms with Crippen LogP contribution in [-0.2, 0) is 24.0 Å². The Morgan fingerprint density at radius 3 is 1.94 bits per heavy atom. The first-order valence-electron chi connectivity index (χ1n) is 18.3. The van der Waals surface area contributed by atoms with Crippen LogP contribution in [-0.4, -0.2) is 114 Å². The number of hydrogen-bond acceptors (Lipinski definition) is 11. The number of nitrogens with two attached hydrogens (primary N) is 2. The summed E-state index contributed by atoms with van der Waals surface area (Å²) < 4.78 is 5.10. The molecule has 0 spiro atoms. The topological polar surface area (TPSA) is 260 Å². The summed E-state index contributed by atoms with van der Waals surface area (Å²) in [4.78, 5) is 70.7. The number of aliphatic imine (C=N–C) groups is 1. The Hall–Kier alpha value is -3.90. The average Bonchev–Trinajstić information content (AvgIpc) is 3.14. The van der Waals surface area contributed by atoms with Crippen molar-refractivity contribution < 1.29 is 38.9 Å². The van der Waals surface area contributed by atoms with Crippen molar-refractivity contribution in [1.29, 1.82) is 0 Å². The van der Waals surface area contributed by atoms with Gasteiger partial charge in [0, 0.05) is 20.0 Å². The quantitative estimate of drug-likeness (QED) is 0.0404. The maximum absolute atomic E-state index is 13.9. The van der Waals surface area contributed by atoms with Crippen molar-refractivity contribution in [2.75, 3.05) is 44.2 Å². The lowest BCUT2D eigenvalue weighted by Crippen LogP contribution is -2.58. The molecular formula is C36H60N8O8S2. The molecule has 1 aliphatic rings. The number of benzene rings is 1. The van der Waals surface area contributed by atoms with Gasteiger partial charge in [0.1, 0.15) is 24.2 Å². The number of amides is 5. The van der Waals surface area contributed by atoms with Gasteiger partial charge in [0.2, 0.25) is 29.5 Å². The van der Waals surface area contributed by atoms with E-state index in [0.29, 0.717) is 29.9 Å². The second-order valence-corrected chi connectivity index (χ2v) is 15.4. The minimum atomic E-state index is -1.12. The molecule has 18 heteroatoms. The van der Waals surface area contributed by atoms with Crippen LogP contribution in [0.4, 0.5) is 0 Å². The number of nitrogens with zero attached hydrogens (tertiary/aromatic N) is 1. The Bertz CT molecular complexity index is 1390. The SMILES string of the molecule is COc1cc(C(O)CNC(=O)[C@H](CCSC)NC(=O)[C@H](CCSC)NC(=O)[C@H](CCCN=C(N)N)NC(=O)[C@H](CC2CCCCC2)NC(C)=O)ccc1O. The van der Waals surface area contributed by atoms with Gasteiger partial charge in [-0.1, -0.05) is 38.2 Å². The largest absolute Gasteiger partial charge is 0.504 e. The van der Waals surface area contributed by atoms with Crippen LogP contribution in [0.5, 0.6) is 11.5 Å². The summed E-state index contributed by atoms with van der Waals surface area (Å²) in [5.41, 5.74) is 11.4. The monoisotopic (exact) mass is 796 g/mol. The molecule has 11 N–H and O–H groups in total. The second-order valence-electron chi connectivity index (χ2n) is 13.4. The molecule has 54 heavy (non-hydrogen) atoms. The Balaban J connectivity index is 2.22. The molecule has 0 saturated heterocycles. The molecule has 0 bridgehead atoms. The van der Waals surface area contributed by atoms with Crippen LogP contribution in [0.15, 0.2) is 23.2 Å². The normalized spacial score (nSPS) is 15.7. The molecule has 1 saturated carbocycles. The fraction of sp³-hybridized carbons (Fsp3) is 0.667. The van der Waals surface area contributed by atoms with Crippen molar-refractivity contribution in [3.63, 3.8) is 0 Å². The highest BCUT2D eigenvalue weighted by Crippen LogP contribution is 2.29. The van der Waals surface area contributed by atoms with Crippen LogP contribution < -0.4 is 42.8 Å². The molecule has 2 rings (SSSR count). The summed E-state index contributed by atoms with van der Waals surface area (Å²) in [6, 6.07) is 0.416. The number of aromatic hydroxyl groups is 1. The Kier molecular flexibility index (Phi) is 21.6. The van der Waals surface area contributed by atoms with Gasteiger partial charge in [0.05, 0.1) is 13.2 Å². The molecule has 0 heterocycles. The zero-order chi connectivity index (χ0) is 40.0. The predicted molar refractivity (Wildman–Crippen MR) is 213 cm³/mol. The van der Waals surface area contributed by atoms with Gasteiger partial charge in [-0.25, -0.2) is 0 Å². The number of carbonyl (C=O) groups is 5. The lowest BCUT2D eigenvalue weighted by Gasteiger charge is -2.28. The highest BCUT2D eigenvalue weighted by atomic mass is 32.2. The summed E-state index contributed by atoms with van der Waals surface area (Å²) >= 11 is 2.96. The van der Waals surface area contributed by atoms with E-state index in [1.54, 1.807) is 0 Å². The van der Waals surface area contributed by atoms with E-state index in [0.717, 1.165) is 32.1 Å². The van der Waals surface area contributed by atoms with E-state index in [1.165, 1.54) is 55.8 Å². The number of nitrogens with one attached hydrogen (secondary N) is 5. The number of phenols is 1. The first kappa shape index (κ1) is 46.3. The van der Waals surface area contributed by atoms with E-state index in [9.17, 15) is 34.2 Å². The van der Waals surface area contributed by atoms with Crippen molar-refractivity contribution in [3.8, 4) is 11.5 Å². The summed E-state index contributed by atoms with van der Waals surface area (Å²) in [5.74, 6) is -1.28. The molecule has 1 aromatic carbocycles. The molecule has 304 valence electrons. The molecule has 5 atom stereocenters. The third-order valence-corrected chi connectivity index (χ3v) is 10.4. The Morgan fingerprint density at radius 1 is 0.852 bits per heavy atom. The Morgan fingerprint density at radius 2 is 1.41 bits per heavy atom. The van der Waals surface area contributed by atoms with E-state index in [4.69, 9.17) is 16.2 Å². The lowest BCUT2D eigenvalue weighted by molar-refractivity contribution is -0.134. The third kappa shape index (κ3) is 17.1. The number of rotatable bonds is 24. The number of aliphatic hydroxyl groups is 1. The predicted octanol–water partition coefficient (Wildman–Crippen LogP) is 1.04. The number of ether oxygens (including phenoxy) is 1. The van der Waals surface area contributed by atoms with Crippen LogP contribution in [0.1, 0.15) is 82.8 Å². The molecule has 16 nitrogen and oxygen atoms in total. The summed E-state index contributed by atoms with van der Waals surface area (Å²) in [6.07, 6.45) is 9.24. The maximum atomic E-state index is 13.9. The van der Waals surface area contributed by atoms with Gasteiger partial charge >= 0.3 is 0 Å². The van der Waals surface area contributed by atoms with Gasteiger partial charge in [0.15, 0.2) is 17.5 Å². The van der Waals surface area contributed by atoms with E-state index in [2.05, 4.69) is 31.6 Å². The third-order valence-electron chi connectivity index (χ3n) is 9.11. The zero-order valence-corrected chi connectivity index (χ0v) is 33.5. The van der Waals surface area contributed by atoms with E-state index in [-0.39, 0.29) is 61.6 Å². The fourth-order valence-electron chi connectivity index (χ4n) is 6.17. The van der Waals surface area contributed by atoms with Crippen molar-refractivity contribution in [2.24, 2.45) is 22.4 Å². The minimum absolute atomic E-state index is 0.0936. The smallest absolute Gasteiger partial charge is 0.243 e. The second kappa shape index (κ2) is 25.2. The van der Waals surface area contributed by atoms with Gasteiger partial charge in [0.25, 0.3) is 0 Å². The van der Waals surface area contributed by atoms with Gasteiger partial charge in [-0.2, -0.15) is 23.5 Å². The van der Waals surface area contributed by atoms with Crippen LogP contribution in [0.3, 0.4) is 0 Å². The molecule has 5 amide bonds. The number of carbonyl (C=O) groups excluding carboxylic acids is 5. The number of thioether (sulfide) groups is 2. The number of methoxy groups -OCH3 is 1. The number of hydrogen-bond donors (Lipinski definition) is 9. The van der Waals surface area contributed by atoms with Gasteiger partial charge in [-0.15, -0.1) is 0 Å². The van der Waals surface area contributed by atoms with Crippen molar-refractivity contribution in [2.45, 2.75) is 101 Å². The first-order chi connectivity index (χ1) is 25.8. The van der Waals surface area contributed by atoms with Gasteiger partial charge in [-0.3, -0.25) is 29.0 Å². The fourth-order valence-corrected chi connectivity index (χ4v) is 7.11. The summed E-state index contributed by atoms with van der Waals surface area (Å²) in [5, 5.41) is 34.4.